The van der Waals surface area contributed by atoms with Crippen molar-refractivity contribution in [2.45, 2.75) is 46.3 Å². The first-order valence-electron chi connectivity index (χ1n) is 7.37. The van der Waals surface area contributed by atoms with Crippen molar-refractivity contribution in [1.82, 2.24) is 15.3 Å². The lowest BCUT2D eigenvalue weighted by molar-refractivity contribution is -0.0803. The molecule has 0 aliphatic carbocycles. The van der Waals surface area contributed by atoms with E-state index in [1.165, 1.54) is 0 Å². The third-order valence-corrected chi connectivity index (χ3v) is 3.11. The molecule has 5 heteroatoms. The second kappa shape index (κ2) is 6.99. The molecule has 1 fully saturated rings. The summed E-state index contributed by atoms with van der Waals surface area (Å²) >= 11 is 0. The van der Waals surface area contributed by atoms with Crippen LogP contribution in [-0.4, -0.2) is 35.8 Å². The molecule has 1 aliphatic rings. The highest BCUT2D eigenvalue weighted by molar-refractivity contribution is 5.26. The predicted molar refractivity (Wildman–Crippen MR) is 77.9 cm³/mol. The molecular formula is C15H25N3O2. The fraction of sp³-hybridized carbons (Fsp3) is 0.733. The van der Waals surface area contributed by atoms with Gasteiger partial charge in [-0.3, -0.25) is 0 Å². The maximum Gasteiger partial charge on any atom is 0.161 e. The Bertz CT molecular complexity index is 431. The molecule has 0 aromatic carbocycles. The van der Waals surface area contributed by atoms with Crippen molar-refractivity contribution in [3.8, 4) is 5.75 Å². The summed E-state index contributed by atoms with van der Waals surface area (Å²) in [5.74, 6) is 2.58. The van der Waals surface area contributed by atoms with E-state index >= 15 is 0 Å². The van der Waals surface area contributed by atoms with E-state index in [2.05, 4.69) is 43.0 Å². The fourth-order valence-electron chi connectivity index (χ4n) is 1.87. The summed E-state index contributed by atoms with van der Waals surface area (Å²) < 4.78 is 11.0. The minimum Gasteiger partial charge on any atom is -0.482 e. The maximum atomic E-state index is 5.88. The molecule has 0 saturated carbocycles. The van der Waals surface area contributed by atoms with Gasteiger partial charge in [0, 0.05) is 12.5 Å². The van der Waals surface area contributed by atoms with Crippen molar-refractivity contribution in [2.24, 2.45) is 5.92 Å². The average Bonchev–Trinajstić information content (AvgIpc) is 2.34. The molecule has 1 aromatic rings. The van der Waals surface area contributed by atoms with Gasteiger partial charge in [-0.1, -0.05) is 27.7 Å². The molecule has 1 saturated heterocycles. The van der Waals surface area contributed by atoms with Gasteiger partial charge in [0.2, 0.25) is 0 Å². The lowest BCUT2D eigenvalue weighted by Gasteiger charge is -2.27. The van der Waals surface area contributed by atoms with E-state index in [1.807, 2.05) is 0 Å². The zero-order valence-corrected chi connectivity index (χ0v) is 12.8. The number of aromatic nitrogens is 2. The second-order valence-electron chi connectivity index (χ2n) is 6.00. The van der Waals surface area contributed by atoms with E-state index in [-0.39, 0.29) is 6.10 Å². The van der Waals surface area contributed by atoms with Crippen molar-refractivity contribution in [1.29, 1.82) is 0 Å². The summed E-state index contributed by atoms with van der Waals surface area (Å²) in [5.41, 5.74) is 0.941. The molecular weight excluding hydrogens is 254 g/mol. The van der Waals surface area contributed by atoms with Crippen LogP contribution in [0.4, 0.5) is 0 Å². The molecule has 0 bridgehead atoms. The number of ether oxygens (including phenoxy) is 2. The predicted octanol–water partition coefficient (Wildman–Crippen LogP) is 2.12. The van der Waals surface area contributed by atoms with Crippen LogP contribution >= 0.6 is 0 Å². The highest BCUT2D eigenvalue weighted by Crippen LogP contribution is 2.21. The van der Waals surface area contributed by atoms with Crippen LogP contribution in [0.5, 0.6) is 5.75 Å². The zero-order chi connectivity index (χ0) is 14.5. The number of nitrogens with zero attached hydrogens (tertiary/aromatic N) is 2. The van der Waals surface area contributed by atoms with Gasteiger partial charge < -0.3 is 14.8 Å². The van der Waals surface area contributed by atoms with E-state index in [9.17, 15) is 0 Å². The summed E-state index contributed by atoms with van der Waals surface area (Å²) in [6.07, 6.45) is 1.94. The molecule has 112 valence electrons. The zero-order valence-electron chi connectivity index (χ0n) is 12.8. The molecule has 0 radical (unpaired) electrons. The van der Waals surface area contributed by atoms with Gasteiger partial charge in [0.05, 0.1) is 25.1 Å². The van der Waals surface area contributed by atoms with Crippen molar-refractivity contribution >= 4 is 0 Å². The van der Waals surface area contributed by atoms with Crippen LogP contribution in [0.25, 0.3) is 0 Å². The lowest BCUT2D eigenvalue weighted by Crippen LogP contribution is -2.39. The van der Waals surface area contributed by atoms with Gasteiger partial charge in [-0.2, -0.15) is 0 Å². The summed E-state index contributed by atoms with van der Waals surface area (Å²) in [6.45, 7) is 11.6. The van der Waals surface area contributed by atoms with Crippen molar-refractivity contribution < 1.29 is 9.47 Å². The highest BCUT2D eigenvalue weighted by atomic mass is 16.6. The summed E-state index contributed by atoms with van der Waals surface area (Å²) in [4.78, 5) is 9.03. The van der Waals surface area contributed by atoms with Crippen LogP contribution in [0.15, 0.2) is 6.20 Å². The monoisotopic (exact) mass is 279 g/mol. The van der Waals surface area contributed by atoms with Crippen LogP contribution in [0.1, 0.15) is 45.1 Å². The summed E-state index contributed by atoms with van der Waals surface area (Å²) in [7, 11) is 0. The number of nitrogens with one attached hydrogen (secondary N) is 1. The van der Waals surface area contributed by atoms with E-state index in [0.29, 0.717) is 31.6 Å². The Hall–Kier alpha value is -1.20. The number of hydrogen-bond donors (Lipinski definition) is 1. The van der Waals surface area contributed by atoms with Crippen molar-refractivity contribution in [3.63, 3.8) is 0 Å². The maximum absolute atomic E-state index is 5.88. The first kappa shape index (κ1) is 15.2. The minimum absolute atomic E-state index is 0.146. The summed E-state index contributed by atoms with van der Waals surface area (Å²) in [5, 5.41) is 3.42. The van der Waals surface area contributed by atoms with Gasteiger partial charge in [0.25, 0.3) is 0 Å². The van der Waals surface area contributed by atoms with Crippen LogP contribution < -0.4 is 10.1 Å². The van der Waals surface area contributed by atoms with Crippen LogP contribution in [0, 0.1) is 5.92 Å². The highest BCUT2D eigenvalue weighted by Gasteiger charge is 2.22. The van der Waals surface area contributed by atoms with Gasteiger partial charge >= 0.3 is 0 Å². The van der Waals surface area contributed by atoms with Crippen LogP contribution in [-0.2, 0) is 11.3 Å². The van der Waals surface area contributed by atoms with Gasteiger partial charge in [-0.15, -0.1) is 0 Å². The topological polar surface area (TPSA) is 56.3 Å². The average molecular weight is 279 g/mol. The molecule has 1 aliphatic heterocycles. The smallest absolute Gasteiger partial charge is 0.161 e. The standard InChI is InChI=1S/C15H25N3O2/c1-10(2)5-16-6-13-14(20-12-8-19-9-12)7-17-15(18-13)11(3)4/h7,10-12,16H,5-6,8-9H2,1-4H3. The van der Waals surface area contributed by atoms with E-state index in [1.54, 1.807) is 6.20 Å². The molecule has 0 amide bonds. The Balaban J connectivity index is 2.07. The number of rotatable bonds is 7. The molecule has 5 nitrogen and oxygen atoms in total. The van der Waals surface area contributed by atoms with Crippen LogP contribution in [0.2, 0.25) is 0 Å². The largest absolute Gasteiger partial charge is 0.482 e. The number of hydrogen-bond acceptors (Lipinski definition) is 5. The molecule has 0 unspecified atom stereocenters. The first-order chi connectivity index (χ1) is 9.56. The Morgan fingerprint density at radius 2 is 2.10 bits per heavy atom. The first-order valence-corrected chi connectivity index (χ1v) is 7.37. The van der Waals surface area contributed by atoms with E-state index in [4.69, 9.17) is 9.47 Å². The fourth-order valence-corrected chi connectivity index (χ4v) is 1.87. The second-order valence-corrected chi connectivity index (χ2v) is 6.00. The van der Waals surface area contributed by atoms with E-state index in [0.717, 1.165) is 23.8 Å². The van der Waals surface area contributed by atoms with Gasteiger partial charge in [0.15, 0.2) is 5.75 Å². The molecule has 1 aromatic heterocycles. The van der Waals surface area contributed by atoms with Crippen LogP contribution in [0.3, 0.4) is 0 Å². The molecule has 0 atom stereocenters. The Morgan fingerprint density at radius 1 is 1.35 bits per heavy atom. The SMILES string of the molecule is CC(C)CNCc1nc(C(C)C)ncc1OC1COC1. The van der Waals surface area contributed by atoms with Crippen molar-refractivity contribution in [2.75, 3.05) is 19.8 Å². The molecule has 2 heterocycles. The summed E-state index contributed by atoms with van der Waals surface area (Å²) in [6, 6.07) is 0. The Kier molecular flexibility index (Phi) is 5.31. The lowest BCUT2D eigenvalue weighted by atomic mass is 10.2. The van der Waals surface area contributed by atoms with E-state index < -0.39 is 0 Å². The molecule has 20 heavy (non-hydrogen) atoms. The van der Waals surface area contributed by atoms with Crippen molar-refractivity contribution in [3.05, 3.63) is 17.7 Å². The molecule has 1 N–H and O–H groups in total. The molecule has 0 spiro atoms. The Labute approximate surface area is 121 Å². The van der Waals surface area contributed by atoms with Gasteiger partial charge in [-0.05, 0) is 12.5 Å². The Morgan fingerprint density at radius 3 is 2.65 bits per heavy atom. The van der Waals surface area contributed by atoms with Gasteiger partial charge in [0.1, 0.15) is 11.9 Å². The minimum atomic E-state index is 0.146. The quantitative estimate of drug-likeness (QED) is 0.828. The normalized spacial score (nSPS) is 15.7. The van der Waals surface area contributed by atoms with Gasteiger partial charge in [-0.25, -0.2) is 9.97 Å². The third-order valence-electron chi connectivity index (χ3n) is 3.11. The molecule has 2 rings (SSSR count). The third kappa shape index (κ3) is 4.15.